The SMILES string of the molecule is CCOc1ccccc1C(=O)NCCCC(=O)Nc1ccc(Cl)cc1. The molecule has 2 aromatic rings. The van der Waals surface area contributed by atoms with Crippen LogP contribution in [0.25, 0.3) is 0 Å². The smallest absolute Gasteiger partial charge is 0.255 e. The third-order valence-electron chi connectivity index (χ3n) is 3.43. The lowest BCUT2D eigenvalue weighted by molar-refractivity contribution is -0.116. The first-order valence-electron chi connectivity index (χ1n) is 8.15. The van der Waals surface area contributed by atoms with Gasteiger partial charge in [0, 0.05) is 23.7 Å². The van der Waals surface area contributed by atoms with E-state index >= 15 is 0 Å². The molecule has 6 heteroatoms. The summed E-state index contributed by atoms with van der Waals surface area (Å²) in [6, 6.07) is 14.0. The van der Waals surface area contributed by atoms with E-state index in [-0.39, 0.29) is 11.8 Å². The van der Waals surface area contributed by atoms with Gasteiger partial charge in [-0.05, 0) is 49.7 Å². The van der Waals surface area contributed by atoms with Gasteiger partial charge < -0.3 is 15.4 Å². The van der Waals surface area contributed by atoms with Crippen LogP contribution in [0.2, 0.25) is 5.02 Å². The van der Waals surface area contributed by atoms with E-state index in [0.717, 1.165) is 0 Å². The summed E-state index contributed by atoms with van der Waals surface area (Å²) in [6.45, 7) is 2.77. The van der Waals surface area contributed by atoms with E-state index in [9.17, 15) is 9.59 Å². The number of hydrogen-bond acceptors (Lipinski definition) is 3. The van der Waals surface area contributed by atoms with Crippen LogP contribution in [0.5, 0.6) is 5.75 Å². The molecule has 0 bridgehead atoms. The molecule has 25 heavy (non-hydrogen) atoms. The second-order valence-corrected chi connectivity index (χ2v) is 5.78. The number of nitrogens with one attached hydrogen (secondary N) is 2. The van der Waals surface area contributed by atoms with Crippen molar-refractivity contribution in [3.05, 3.63) is 59.1 Å². The van der Waals surface area contributed by atoms with Crippen molar-refractivity contribution in [1.29, 1.82) is 0 Å². The molecule has 0 saturated carbocycles. The largest absolute Gasteiger partial charge is 0.493 e. The molecule has 2 rings (SSSR count). The Balaban J connectivity index is 1.74. The van der Waals surface area contributed by atoms with Crippen LogP contribution in [0.15, 0.2) is 48.5 Å². The van der Waals surface area contributed by atoms with Gasteiger partial charge in [-0.2, -0.15) is 0 Å². The predicted molar refractivity (Wildman–Crippen MR) is 99.3 cm³/mol. The van der Waals surface area contributed by atoms with Gasteiger partial charge in [0.2, 0.25) is 5.91 Å². The molecule has 5 nitrogen and oxygen atoms in total. The Morgan fingerprint density at radius 1 is 1.08 bits per heavy atom. The lowest BCUT2D eigenvalue weighted by Crippen LogP contribution is -2.26. The minimum absolute atomic E-state index is 0.105. The molecular weight excluding hydrogens is 340 g/mol. The van der Waals surface area contributed by atoms with Gasteiger partial charge in [0.05, 0.1) is 12.2 Å². The van der Waals surface area contributed by atoms with Crippen molar-refractivity contribution in [3.8, 4) is 5.75 Å². The normalized spacial score (nSPS) is 10.2. The van der Waals surface area contributed by atoms with E-state index < -0.39 is 0 Å². The molecule has 2 amide bonds. The average molecular weight is 361 g/mol. The number of halogens is 1. The van der Waals surface area contributed by atoms with Gasteiger partial charge in [-0.25, -0.2) is 0 Å². The van der Waals surface area contributed by atoms with Gasteiger partial charge in [0.15, 0.2) is 0 Å². The molecule has 0 spiro atoms. The molecule has 0 atom stereocenters. The summed E-state index contributed by atoms with van der Waals surface area (Å²) in [4.78, 5) is 24.1. The molecule has 0 aromatic heterocycles. The lowest BCUT2D eigenvalue weighted by atomic mass is 10.2. The number of amides is 2. The van der Waals surface area contributed by atoms with Gasteiger partial charge in [-0.15, -0.1) is 0 Å². The van der Waals surface area contributed by atoms with Crippen LogP contribution in [0.1, 0.15) is 30.1 Å². The molecule has 2 N–H and O–H groups in total. The highest BCUT2D eigenvalue weighted by molar-refractivity contribution is 6.30. The number of hydrogen-bond donors (Lipinski definition) is 2. The van der Waals surface area contributed by atoms with Crippen molar-refractivity contribution >= 4 is 29.1 Å². The Morgan fingerprint density at radius 3 is 2.52 bits per heavy atom. The molecule has 132 valence electrons. The topological polar surface area (TPSA) is 67.4 Å². The van der Waals surface area contributed by atoms with Gasteiger partial charge >= 0.3 is 0 Å². The Morgan fingerprint density at radius 2 is 1.80 bits per heavy atom. The van der Waals surface area contributed by atoms with Crippen molar-refractivity contribution in [2.75, 3.05) is 18.5 Å². The Labute approximate surface area is 152 Å². The fraction of sp³-hybridized carbons (Fsp3) is 0.263. The number of benzene rings is 2. The fourth-order valence-electron chi connectivity index (χ4n) is 2.24. The zero-order chi connectivity index (χ0) is 18.1. The summed E-state index contributed by atoms with van der Waals surface area (Å²) < 4.78 is 5.44. The number of anilines is 1. The maximum atomic E-state index is 12.2. The number of carbonyl (C=O) groups excluding carboxylic acids is 2. The van der Waals surface area contributed by atoms with Crippen molar-refractivity contribution in [2.24, 2.45) is 0 Å². The van der Waals surface area contributed by atoms with E-state index in [0.29, 0.717) is 48.0 Å². The van der Waals surface area contributed by atoms with Gasteiger partial charge in [-0.1, -0.05) is 23.7 Å². The van der Waals surface area contributed by atoms with Crippen molar-refractivity contribution in [1.82, 2.24) is 5.32 Å². The van der Waals surface area contributed by atoms with Crippen LogP contribution < -0.4 is 15.4 Å². The highest BCUT2D eigenvalue weighted by Gasteiger charge is 2.11. The summed E-state index contributed by atoms with van der Waals surface area (Å²) in [5, 5.41) is 6.21. The van der Waals surface area contributed by atoms with E-state index in [1.165, 1.54) is 0 Å². The standard InChI is InChI=1S/C19H21ClN2O3/c1-2-25-17-7-4-3-6-16(17)19(24)21-13-5-8-18(23)22-15-11-9-14(20)10-12-15/h3-4,6-7,9-12H,2,5,8,13H2,1H3,(H,21,24)(H,22,23). The summed E-state index contributed by atoms with van der Waals surface area (Å²) in [7, 11) is 0. The van der Waals surface area contributed by atoms with Crippen LogP contribution in [-0.2, 0) is 4.79 Å². The number of para-hydroxylation sites is 1. The summed E-state index contributed by atoms with van der Waals surface area (Å²) >= 11 is 5.80. The van der Waals surface area contributed by atoms with Crippen LogP contribution in [0.4, 0.5) is 5.69 Å². The van der Waals surface area contributed by atoms with Crippen LogP contribution in [0, 0.1) is 0 Å². The van der Waals surface area contributed by atoms with E-state index in [1.807, 2.05) is 13.0 Å². The number of rotatable bonds is 8. The molecular formula is C19H21ClN2O3. The van der Waals surface area contributed by atoms with E-state index in [1.54, 1.807) is 42.5 Å². The second kappa shape index (κ2) is 9.69. The summed E-state index contributed by atoms with van der Waals surface area (Å²) in [5.74, 6) is 0.247. The van der Waals surface area contributed by atoms with Crippen LogP contribution in [0.3, 0.4) is 0 Å². The first-order chi connectivity index (χ1) is 12.1. The zero-order valence-corrected chi connectivity index (χ0v) is 14.8. The molecule has 0 fully saturated rings. The highest BCUT2D eigenvalue weighted by atomic mass is 35.5. The van der Waals surface area contributed by atoms with Crippen LogP contribution in [-0.4, -0.2) is 25.0 Å². The zero-order valence-electron chi connectivity index (χ0n) is 14.0. The Bertz CT molecular complexity index is 717. The molecule has 0 aliphatic carbocycles. The number of ether oxygens (including phenoxy) is 1. The first-order valence-corrected chi connectivity index (χ1v) is 8.53. The predicted octanol–water partition coefficient (Wildman–Crippen LogP) is 3.89. The van der Waals surface area contributed by atoms with E-state index in [2.05, 4.69) is 10.6 Å². The van der Waals surface area contributed by atoms with Crippen molar-refractivity contribution in [2.45, 2.75) is 19.8 Å². The molecule has 2 aromatic carbocycles. The van der Waals surface area contributed by atoms with Crippen molar-refractivity contribution < 1.29 is 14.3 Å². The lowest BCUT2D eigenvalue weighted by Gasteiger charge is -2.10. The van der Waals surface area contributed by atoms with Gasteiger partial charge in [-0.3, -0.25) is 9.59 Å². The average Bonchev–Trinajstić information content (AvgIpc) is 2.61. The number of carbonyl (C=O) groups is 2. The minimum atomic E-state index is -0.206. The Hall–Kier alpha value is -2.53. The van der Waals surface area contributed by atoms with E-state index in [4.69, 9.17) is 16.3 Å². The third-order valence-corrected chi connectivity index (χ3v) is 3.68. The van der Waals surface area contributed by atoms with Gasteiger partial charge in [0.1, 0.15) is 5.75 Å². The van der Waals surface area contributed by atoms with Crippen LogP contribution >= 0.6 is 11.6 Å². The summed E-state index contributed by atoms with van der Waals surface area (Å²) in [6.07, 6.45) is 0.859. The molecule has 0 aliphatic heterocycles. The third kappa shape index (κ3) is 6.12. The summed E-state index contributed by atoms with van der Waals surface area (Å²) in [5.41, 5.74) is 1.19. The second-order valence-electron chi connectivity index (χ2n) is 5.34. The quantitative estimate of drug-likeness (QED) is 0.702. The van der Waals surface area contributed by atoms with Crippen molar-refractivity contribution in [3.63, 3.8) is 0 Å². The maximum Gasteiger partial charge on any atom is 0.255 e. The molecule has 0 saturated heterocycles. The fourth-order valence-corrected chi connectivity index (χ4v) is 2.36. The molecule has 0 heterocycles. The molecule has 0 aliphatic rings. The van der Waals surface area contributed by atoms with Gasteiger partial charge in [0.25, 0.3) is 5.91 Å². The monoisotopic (exact) mass is 360 g/mol. The minimum Gasteiger partial charge on any atom is -0.493 e. The maximum absolute atomic E-state index is 12.2. The highest BCUT2D eigenvalue weighted by Crippen LogP contribution is 2.17. The Kier molecular flexibility index (Phi) is 7.29. The first kappa shape index (κ1) is 18.8. The molecule has 0 unspecified atom stereocenters. The molecule has 0 radical (unpaired) electrons.